The summed E-state index contributed by atoms with van der Waals surface area (Å²) in [7, 11) is 6.50. The maximum absolute atomic E-state index is 5.43. The first kappa shape index (κ1) is 17.3. The lowest BCUT2D eigenvalue weighted by molar-refractivity contribution is 0.355. The van der Waals surface area contributed by atoms with Crippen LogP contribution in [-0.2, 0) is 6.54 Å². The van der Waals surface area contributed by atoms with Crippen molar-refractivity contribution in [2.45, 2.75) is 6.54 Å². The zero-order chi connectivity index (χ0) is 16.8. The van der Waals surface area contributed by atoms with E-state index in [9.17, 15) is 0 Å². The van der Waals surface area contributed by atoms with E-state index in [1.165, 1.54) is 0 Å². The van der Waals surface area contributed by atoms with Gasteiger partial charge in [0.2, 0.25) is 0 Å². The highest BCUT2D eigenvalue weighted by molar-refractivity contribution is 9.10. The van der Waals surface area contributed by atoms with E-state index in [0.29, 0.717) is 18.0 Å². The highest BCUT2D eigenvalue weighted by Crippen LogP contribution is 2.34. The summed E-state index contributed by atoms with van der Waals surface area (Å²) in [5.41, 5.74) is 1.94. The van der Waals surface area contributed by atoms with Crippen molar-refractivity contribution in [1.29, 1.82) is 0 Å². The van der Waals surface area contributed by atoms with Crippen LogP contribution in [0.25, 0.3) is 0 Å². The Hall–Kier alpha value is -2.08. The molecule has 0 bridgehead atoms. The first-order valence-electron chi connectivity index (χ1n) is 6.99. The molecule has 5 nitrogen and oxygen atoms in total. The van der Waals surface area contributed by atoms with Crippen molar-refractivity contribution in [1.82, 2.24) is 0 Å². The second-order valence-corrected chi connectivity index (χ2v) is 5.58. The van der Waals surface area contributed by atoms with Gasteiger partial charge in [0.05, 0.1) is 32.9 Å². The molecular formula is C17H20BrNO4. The molecule has 2 aromatic carbocycles. The van der Waals surface area contributed by atoms with E-state index < -0.39 is 0 Å². The molecule has 0 amide bonds. The van der Waals surface area contributed by atoms with E-state index in [4.69, 9.17) is 18.9 Å². The third kappa shape index (κ3) is 4.01. The van der Waals surface area contributed by atoms with Gasteiger partial charge < -0.3 is 24.3 Å². The normalized spacial score (nSPS) is 10.1. The van der Waals surface area contributed by atoms with E-state index in [1.807, 2.05) is 30.3 Å². The van der Waals surface area contributed by atoms with Gasteiger partial charge in [0, 0.05) is 29.9 Å². The van der Waals surface area contributed by atoms with Crippen LogP contribution in [0.15, 0.2) is 34.8 Å². The first-order valence-corrected chi connectivity index (χ1v) is 7.78. The molecule has 23 heavy (non-hydrogen) atoms. The van der Waals surface area contributed by atoms with Crippen molar-refractivity contribution in [3.63, 3.8) is 0 Å². The largest absolute Gasteiger partial charge is 0.496 e. The number of anilines is 1. The van der Waals surface area contributed by atoms with Gasteiger partial charge in [0.15, 0.2) is 11.5 Å². The van der Waals surface area contributed by atoms with Crippen LogP contribution in [0.1, 0.15) is 5.56 Å². The Morgan fingerprint density at radius 2 is 1.43 bits per heavy atom. The lowest BCUT2D eigenvalue weighted by Crippen LogP contribution is -2.03. The van der Waals surface area contributed by atoms with Crippen molar-refractivity contribution in [3.05, 3.63) is 40.4 Å². The molecule has 0 aliphatic carbocycles. The Balaban J connectivity index is 2.19. The van der Waals surface area contributed by atoms with Crippen LogP contribution in [0.5, 0.6) is 23.0 Å². The van der Waals surface area contributed by atoms with Gasteiger partial charge in [-0.2, -0.15) is 0 Å². The summed E-state index contributed by atoms with van der Waals surface area (Å²) in [6.45, 7) is 0.598. The van der Waals surface area contributed by atoms with Gasteiger partial charge >= 0.3 is 0 Å². The second kappa shape index (κ2) is 7.97. The van der Waals surface area contributed by atoms with E-state index in [-0.39, 0.29) is 0 Å². The third-order valence-corrected chi connectivity index (χ3v) is 4.04. The molecule has 0 unspecified atom stereocenters. The number of hydrogen-bond acceptors (Lipinski definition) is 5. The molecule has 0 aliphatic heterocycles. The molecule has 0 spiro atoms. The van der Waals surface area contributed by atoms with Crippen molar-refractivity contribution >= 4 is 21.6 Å². The highest BCUT2D eigenvalue weighted by Gasteiger charge is 2.10. The Bertz CT molecular complexity index is 676. The summed E-state index contributed by atoms with van der Waals surface area (Å²) >= 11 is 3.49. The van der Waals surface area contributed by atoms with E-state index in [0.717, 1.165) is 27.2 Å². The lowest BCUT2D eigenvalue weighted by Gasteiger charge is -2.14. The number of benzene rings is 2. The monoisotopic (exact) mass is 381 g/mol. The summed E-state index contributed by atoms with van der Waals surface area (Å²) in [6.07, 6.45) is 0. The maximum atomic E-state index is 5.43. The molecule has 0 aromatic heterocycles. The average Bonchev–Trinajstić information content (AvgIpc) is 2.59. The van der Waals surface area contributed by atoms with E-state index in [2.05, 4.69) is 21.2 Å². The van der Waals surface area contributed by atoms with Gasteiger partial charge in [-0.15, -0.1) is 0 Å². The van der Waals surface area contributed by atoms with Gasteiger partial charge in [-0.1, -0.05) is 0 Å². The Labute approximate surface area is 144 Å². The van der Waals surface area contributed by atoms with Gasteiger partial charge in [0.1, 0.15) is 11.5 Å². The quantitative estimate of drug-likeness (QED) is 0.782. The summed E-state index contributed by atoms with van der Waals surface area (Å²) in [4.78, 5) is 0. The zero-order valence-corrected chi connectivity index (χ0v) is 15.2. The minimum Gasteiger partial charge on any atom is -0.496 e. The van der Waals surface area contributed by atoms with E-state index in [1.54, 1.807) is 28.4 Å². The van der Waals surface area contributed by atoms with Gasteiger partial charge in [-0.3, -0.25) is 0 Å². The van der Waals surface area contributed by atoms with Crippen LogP contribution in [-0.4, -0.2) is 28.4 Å². The summed E-state index contributed by atoms with van der Waals surface area (Å²) < 4.78 is 22.1. The molecule has 2 aromatic rings. The molecule has 2 rings (SSSR count). The summed E-state index contributed by atoms with van der Waals surface area (Å²) in [5, 5.41) is 3.35. The third-order valence-electron chi connectivity index (χ3n) is 3.42. The predicted octanol–water partition coefficient (Wildman–Crippen LogP) is 4.10. The molecule has 124 valence electrons. The average molecular weight is 382 g/mol. The number of nitrogens with one attached hydrogen (secondary N) is 1. The lowest BCUT2D eigenvalue weighted by atomic mass is 10.1. The Morgan fingerprint density at radius 3 is 2.04 bits per heavy atom. The molecule has 0 saturated carbocycles. The van der Waals surface area contributed by atoms with Crippen molar-refractivity contribution in [3.8, 4) is 23.0 Å². The number of hydrogen-bond donors (Lipinski definition) is 1. The number of methoxy groups -OCH3 is 4. The van der Waals surface area contributed by atoms with Gasteiger partial charge in [-0.25, -0.2) is 0 Å². The summed E-state index contributed by atoms with van der Waals surface area (Å²) in [5.74, 6) is 2.87. The Kier molecular flexibility index (Phi) is 5.98. The summed E-state index contributed by atoms with van der Waals surface area (Å²) in [6, 6.07) is 9.53. The fourth-order valence-corrected chi connectivity index (χ4v) is 2.76. The zero-order valence-electron chi connectivity index (χ0n) is 13.6. The van der Waals surface area contributed by atoms with Gasteiger partial charge in [-0.05, 0) is 34.1 Å². The van der Waals surface area contributed by atoms with Crippen LogP contribution in [0.2, 0.25) is 0 Å². The van der Waals surface area contributed by atoms with Crippen LogP contribution in [0.3, 0.4) is 0 Å². The highest BCUT2D eigenvalue weighted by atomic mass is 79.9. The number of rotatable bonds is 7. The minimum atomic E-state index is 0.598. The number of halogens is 1. The SMILES string of the molecule is COc1cc(OC)c(CNc2ccc(OC)c(OC)c2)cc1Br. The standard InChI is InChI=1S/C17H20BrNO4/c1-20-14-6-5-12(8-17(14)23-4)19-10-11-7-13(18)16(22-3)9-15(11)21-2/h5-9,19H,10H2,1-4H3. The molecular weight excluding hydrogens is 362 g/mol. The smallest absolute Gasteiger partial charge is 0.162 e. The van der Waals surface area contributed by atoms with E-state index >= 15 is 0 Å². The van der Waals surface area contributed by atoms with Crippen molar-refractivity contribution < 1.29 is 18.9 Å². The topological polar surface area (TPSA) is 49.0 Å². The predicted molar refractivity (Wildman–Crippen MR) is 94.1 cm³/mol. The van der Waals surface area contributed by atoms with Crippen molar-refractivity contribution in [2.24, 2.45) is 0 Å². The molecule has 0 radical (unpaired) electrons. The van der Waals surface area contributed by atoms with Crippen LogP contribution < -0.4 is 24.3 Å². The van der Waals surface area contributed by atoms with Crippen LogP contribution >= 0.6 is 15.9 Å². The molecule has 6 heteroatoms. The second-order valence-electron chi connectivity index (χ2n) is 4.72. The fourth-order valence-electron chi connectivity index (χ4n) is 2.20. The fraction of sp³-hybridized carbons (Fsp3) is 0.294. The van der Waals surface area contributed by atoms with Crippen molar-refractivity contribution in [2.75, 3.05) is 33.8 Å². The van der Waals surface area contributed by atoms with Gasteiger partial charge in [0.25, 0.3) is 0 Å². The molecule has 0 fully saturated rings. The molecule has 0 atom stereocenters. The molecule has 0 aliphatic rings. The Morgan fingerprint density at radius 1 is 0.783 bits per heavy atom. The minimum absolute atomic E-state index is 0.598. The molecule has 0 heterocycles. The first-order chi connectivity index (χ1) is 11.1. The maximum Gasteiger partial charge on any atom is 0.162 e. The van der Waals surface area contributed by atoms with Crippen LogP contribution in [0, 0.1) is 0 Å². The molecule has 0 saturated heterocycles. The molecule has 1 N–H and O–H groups in total. The number of ether oxygens (including phenoxy) is 4. The van der Waals surface area contributed by atoms with Crippen LogP contribution in [0.4, 0.5) is 5.69 Å².